The summed E-state index contributed by atoms with van der Waals surface area (Å²) in [5.41, 5.74) is 3.63. The van der Waals surface area contributed by atoms with Crippen LogP contribution in [-0.2, 0) is 10.8 Å². The van der Waals surface area contributed by atoms with Crippen molar-refractivity contribution in [2.24, 2.45) is 47.3 Å². The van der Waals surface area contributed by atoms with Gasteiger partial charge in [0.05, 0.1) is 0 Å². The van der Waals surface area contributed by atoms with E-state index in [9.17, 15) is 15.3 Å². The van der Waals surface area contributed by atoms with Crippen molar-refractivity contribution in [1.29, 1.82) is 0 Å². The fourth-order valence-corrected chi connectivity index (χ4v) is 10.8. The lowest BCUT2D eigenvalue weighted by Gasteiger charge is -2.57. The summed E-state index contributed by atoms with van der Waals surface area (Å²) in [6, 6.07) is 24.5. The molecular formula is C45H64O3. The smallest absolute Gasteiger partial charge is 0.115 e. The molecule has 3 heteroatoms. The van der Waals surface area contributed by atoms with Gasteiger partial charge in [0, 0.05) is 0 Å². The topological polar surface area (TPSA) is 60.7 Å². The van der Waals surface area contributed by atoms with E-state index in [-0.39, 0.29) is 16.7 Å². The maximum Gasteiger partial charge on any atom is 0.115 e. The Hall–Kier alpha value is -2.94. The zero-order valence-electron chi connectivity index (χ0n) is 31.1. The molecule has 0 aromatic heterocycles. The van der Waals surface area contributed by atoms with Crippen LogP contribution in [0, 0.1) is 47.3 Å². The maximum absolute atomic E-state index is 10.6. The zero-order chi connectivity index (χ0) is 34.8. The number of phenolic OH excluding ortho intramolecular Hbond substituents is 3. The molecule has 3 nitrogen and oxygen atoms in total. The van der Waals surface area contributed by atoms with Gasteiger partial charge >= 0.3 is 0 Å². The molecule has 0 heterocycles. The van der Waals surface area contributed by atoms with E-state index < -0.39 is 0 Å². The number of benzene rings is 3. The van der Waals surface area contributed by atoms with Crippen LogP contribution in [0.25, 0.3) is 0 Å². The first-order valence-electron chi connectivity index (χ1n) is 19.1. The summed E-state index contributed by atoms with van der Waals surface area (Å²) in [5.74, 6) is 5.91. The van der Waals surface area contributed by atoms with E-state index in [0.717, 1.165) is 12.8 Å². The summed E-state index contributed by atoms with van der Waals surface area (Å²) in [6.45, 7) is 19.6. The van der Waals surface area contributed by atoms with E-state index in [1.54, 1.807) is 0 Å². The highest BCUT2D eigenvalue weighted by Crippen LogP contribution is 2.60. The van der Waals surface area contributed by atoms with Crippen LogP contribution in [0.2, 0.25) is 0 Å². The van der Waals surface area contributed by atoms with E-state index >= 15 is 0 Å². The van der Waals surface area contributed by atoms with E-state index in [1.807, 2.05) is 36.4 Å². The highest BCUT2D eigenvalue weighted by molar-refractivity contribution is 5.39. The second-order valence-electron chi connectivity index (χ2n) is 17.4. The van der Waals surface area contributed by atoms with Gasteiger partial charge in [-0.2, -0.15) is 0 Å². The fraction of sp³-hybridized carbons (Fsp3) is 0.600. The number of phenols is 3. The van der Waals surface area contributed by atoms with Crippen LogP contribution in [0.3, 0.4) is 0 Å². The average molecular weight is 653 g/mol. The van der Waals surface area contributed by atoms with E-state index in [2.05, 4.69) is 91.8 Å². The van der Waals surface area contributed by atoms with E-state index in [0.29, 0.717) is 64.6 Å². The van der Waals surface area contributed by atoms with E-state index in [4.69, 9.17) is 0 Å². The van der Waals surface area contributed by atoms with Gasteiger partial charge in [0.15, 0.2) is 0 Å². The number of rotatable bonds is 11. The van der Waals surface area contributed by atoms with Crippen molar-refractivity contribution in [3.05, 3.63) is 89.5 Å². The molecule has 2 saturated carbocycles. The molecule has 2 fully saturated rings. The molecule has 3 aromatic rings. The minimum absolute atomic E-state index is 0.147. The Morgan fingerprint density at radius 3 is 1.48 bits per heavy atom. The molecule has 9 unspecified atom stereocenters. The molecule has 5 rings (SSSR count). The Labute approximate surface area is 292 Å². The molecule has 0 spiro atoms. The number of hydrogen-bond donors (Lipinski definition) is 3. The summed E-state index contributed by atoms with van der Waals surface area (Å²) in [6.07, 6.45) is 9.51. The first-order chi connectivity index (χ1) is 22.7. The largest absolute Gasteiger partial charge is 0.508 e. The number of aromatic hydroxyl groups is 3. The monoisotopic (exact) mass is 652 g/mol. The predicted octanol–water partition coefficient (Wildman–Crippen LogP) is 12.0. The Kier molecular flexibility index (Phi) is 11.3. The third kappa shape index (κ3) is 7.61. The summed E-state index contributed by atoms with van der Waals surface area (Å²) < 4.78 is 0. The van der Waals surface area contributed by atoms with Crippen LogP contribution >= 0.6 is 0 Å². The molecule has 0 radical (unpaired) electrons. The molecule has 2 aliphatic rings. The van der Waals surface area contributed by atoms with Crippen molar-refractivity contribution in [2.75, 3.05) is 0 Å². The lowest BCUT2D eigenvalue weighted by molar-refractivity contribution is 0.00709. The molecule has 48 heavy (non-hydrogen) atoms. The van der Waals surface area contributed by atoms with Crippen LogP contribution in [-0.4, -0.2) is 15.3 Å². The quantitative estimate of drug-likeness (QED) is 0.193. The Morgan fingerprint density at radius 2 is 1.00 bits per heavy atom. The molecule has 9 atom stereocenters. The highest BCUT2D eigenvalue weighted by Gasteiger charge is 2.54. The lowest BCUT2D eigenvalue weighted by Crippen LogP contribution is -2.52. The highest BCUT2D eigenvalue weighted by atomic mass is 16.3. The van der Waals surface area contributed by atoms with Gasteiger partial charge in [0.1, 0.15) is 17.2 Å². The predicted molar refractivity (Wildman–Crippen MR) is 201 cm³/mol. The van der Waals surface area contributed by atoms with Gasteiger partial charge in [0.25, 0.3) is 0 Å². The molecule has 262 valence electrons. The van der Waals surface area contributed by atoms with Gasteiger partial charge in [-0.3, -0.25) is 0 Å². The third-order valence-corrected chi connectivity index (χ3v) is 13.4. The third-order valence-electron chi connectivity index (χ3n) is 13.4. The van der Waals surface area contributed by atoms with Gasteiger partial charge in [0.2, 0.25) is 0 Å². The molecule has 0 amide bonds. The van der Waals surface area contributed by atoms with Gasteiger partial charge in [-0.15, -0.1) is 0 Å². The normalized spacial score (nSPS) is 28.1. The summed E-state index contributed by atoms with van der Waals surface area (Å²) in [5, 5.41) is 31.3. The molecule has 0 aliphatic heterocycles. The minimum Gasteiger partial charge on any atom is -0.508 e. The summed E-state index contributed by atoms with van der Waals surface area (Å²) in [4.78, 5) is 0. The lowest BCUT2D eigenvalue weighted by atomic mass is 9.47. The molecular weight excluding hydrogens is 588 g/mol. The van der Waals surface area contributed by atoms with Crippen molar-refractivity contribution < 1.29 is 15.3 Å². The maximum atomic E-state index is 10.6. The Bertz CT molecular complexity index is 1440. The van der Waals surface area contributed by atoms with Crippen molar-refractivity contribution in [1.82, 2.24) is 0 Å². The van der Waals surface area contributed by atoms with E-state index in [1.165, 1.54) is 55.2 Å². The van der Waals surface area contributed by atoms with Crippen LogP contribution in [0.1, 0.15) is 129 Å². The Balaban J connectivity index is 1.79. The van der Waals surface area contributed by atoms with Gasteiger partial charge < -0.3 is 15.3 Å². The van der Waals surface area contributed by atoms with Crippen LogP contribution in [0.5, 0.6) is 17.2 Å². The number of hydrogen-bond acceptors (Lipinski definition) is 3. The van der Waals surface area contributed by atoms with Crippen molar-refractivity contribution in [3.63, 3.8) is 0 Å². The molecule has 2 aliphatic carbocycles. The van der Waals surface area contributed by atoms with Crippen LogP contribution in [0.15, 0.2) is 72.8 Å². The SMILES string of the molecule is CC1CCC(C(C)C)C(C(C)(CC(CC(C)c2ccc(O)cc2)(c2ccc(O)cc2)C2CC(C)CCC2C(C)C)c2ccc(O)cc2)C1. The van der Waals surface area contributed by atoms with Crippen LogP contribution in [0.4, 0.5) is 0 Å². The van der Waals surface area contributed by atoms with Crippen molar-refractivity contribution >= 4 is 0 Å². The van der Waals surface area contributed by atoms with Gasteiger partial charge in [-0.25, -0.2) is 0 Å². The minimum atomic E-state index is -0.177. The van der Waals surface area contributed by atoms with Gasteiger partial charge in [-0.1, -0.05) is 105 Å². The Morgan fingerprint density at radius 1 is 0.583 bits per heavy atom. The van der Waals surface area contributed by atoms with Crippen LogP contribution < -0.4 is 0 Å². The molecule has 3 aromatic carbocycles. The molecule has 0 bridgehead atoms. The van der Waals surface area contributed by atoms with Crippen molar-refractivity contribution in [2.45, 2.75) is 124 Å². The first kappa shape index (κ1) is 36.3. The first-order valence-corrected chi connectivity index (χ1v) is 19.1. The second kappa shape index (κ2) is 14.9. The molecule has 3 N–H and O–H groups in total. The average Bonchev–Trinajstić information content (AvgIpc) is 3.05. The second-order valence-corrected chi connectivity index (χ2v) is 17.4. The fourth-order valence-electron chi connectivity index (χ4n) is 10.8. The van der Waals surface area contributed by atoms with Gasteiger partial charge in [-0.05, 0) is 156 Å². The zero-order valence-corrected chi connectivity index (χ0v) is 31.1. The summed E-state index contributed by atoms with van der Waals surface area (Å²) in [7, 11) is 0. The van der Waals surface area contributed by atoms with Crippen molar-refractivity contribution in [3.8, 4) is 17.2 Å². The molecule has 0 saturated heterocycles. The summed E-state index contributed by atoms with van der Waals surface area (Å²) >= 11 is 0. The standard InChI is InChI=1S/C45H64O3/c1-29(2)40-23-9-31(5)25-42(40)44(8,35-13-19-38(47)20-14-35)28-45(36-15-21-39(48)22-16-36,27-33(7)34-11-17-37(46)18-12-34)43-26-32(6)10-24-41(43)30(3)4/h11-22,29-33,40-43,46-48H,9-10,23-28H2,1-8H3.